The fourth-order valence-electron chi connectivity index (χ4n) is 3.09. The minimum atomic E-state index is 0.0755. The summed E-state index contributed by atoms with van der Waals surface area (Å²) in [5.41, 5.74) is 1.05. The molecule has 0 spiro atoms. The molecule has 6 heteroatoms. The van der Waals surface area contributed by atoms with Gasteiger partial charge in [-0.2, -0.15) is 5.10 Å². The second kappa shape index (κ2) is 6.57. The van der Waals surface area contributed by atoms with E-state index in [4.69, 9.17) is 0 Å². The van der Waals surface area contributed by atoms with Crippen LogP contribution < -0.4 is 0 Å². The van der Waals surface area contributed by atoms with Gasteiger partial charge in [0.05, 0.1) is 12.2 Å². The highest BCUT2D eigenvalue weighted by Gasteiger charge is 2.26. The fourth-order valence-corrected chi connectivity index (χ4v) is 3.98. The second-order valence-electron chi connectivity index (χ2n) is 5.93. The summed E-state index contributed by atoms with van der Waals surface area (Å²) in [6.45, 7) is 1.51. The van der Waals surface area contributed by atoms with Crippen LogP contribution in [0.4, 0.5) is 0 Å². The maximum atomic E-state index is 12.8. The Balaban J connectivity index is 1.50. The van der Waals surface area contributed by atoms with Gasteiger partial charge < -0.3 is 4.90 Å². The molecule has 0 aliphatic carbocycles. The van der Waals surface area contributed by atoms with Crippen LogP contribution in [-0.4, -0.2) is 38.7 Å². The number of rotatable bonds is 3. The molecule has 0 radical (unpaired) electrons. The van der Waals surface area contributed by atoms with Crippen molar-refractivity contribution >= 4 is 17.2 Å². The summed E-state index contributed by atoms with van der Waals surface area (Å²) in [5.74, 6) is 0.0755. The predicted molar refractivity (Wildman–Crippen MR) is 94.0 cm³/mol. The molecule has 1 atom stereocenters. The summed E-state index contributed by atoms with van der Waals surface area (Å²) in [7, 11) is 0. The number of piperidine rings is 1. The van der Waals surface area contributed by atoms with Gasteiger partial charge in [-0.1, -0.05) is 30.3 Å². The summed E-state index contributed by atoms with van der Waals surface area (Å²) in [6.07, 6.45) is 7.52. The van der Waals surface area contributed by atoms with Crippen LogP contribution in [0.5, 0.6) is 0 Å². The maximum absolute atomic E-state index is 12.8. The average molecular weight is 338 g/mol. The summed E-state index contributed by atoms with van der Waals surface area (Å²) in [4.78, 5) is 19.9. The zero-order valence-electron chi connectivity index (χ0n) is 13.2. The third-order valence-corrected chi connectivity index (χ3v) is 5.35. The molecule has 122 valence electrons. The van der Waals surface area contributed by atoms with E-state index in [9.17, 15) is 4.79 Å². The van der Waals surface area contributed by atoms with Gasteiger partial charge in [-0.25, -0.2) is 4.98 Å². The van der Waals surface area contributed by atoms with E-state index in [1.165, 1.54) is 11.3 Å². The fraction of sp³-hybridized carbons (Fsp3) is 0.278. The highest BCUT2D eigenvalue weighted by Crippen LogP contribution is 2.28. The SMILES string of the molecule is O=C(c1cnc(-c2ccccc2)s1)N1CCC[C@@H](n2cccn2)C1. The molecule has 1 saturated heterocycles. The standard InChI is InChI=1S/C18H18N4OS/c23-18(16-12-19-17(24-16)14-6-2-1-3-7-14)21-10-4-8-15(13-21)22-11-5-9-20-22/h1-3,5-7,9,11-12,15H,4,8,10,13H2/t15-/m1/s1. The van der Waals surface area contributed by atoms with Crippen LogP contribution in [0.15, 0.2) is 55.0 Å². The Morgan fingerprint density at radius 1 is 1.21 bits per heavy atom. The van der Waals surface area contributed by atoms with Crippen molar-refractivity contribution in [3.63, 3.8) is 0 Å². The van der Waals surface area contributed by atoms with Gasteiger partial charge >= 0.3 is 0 Å². The first-order chi connectivity index (χ1) is 11.8. The molecule has 0 saturated carbocycles. The Labute approximate surface area is 144 Å². The minimum Gasteiger partial charge on any atom is -0.336 e. The molecule has 1 amide bonds. The van der Waals surface area contributed by atoms with E-state index in [2.05, 4.69) is 10.1 Å². The summed E-state index contributed by atoms with van der Waals surface area (Å²) >= 11 is 1.46. The minimum absolute atomic E-state index is 0.0755. The first kappa shape index (κ1) is 15.1. The molecule has 0 unspecified atom stereocenters. The van der Waals surface area contributed by atoms with Crippen molar-refractivity contribution in [1.29, 1.82) is 0 Å². The van der Waals surface area contributed by atoms with E-state index in [0.717, 1.165) is 30.0 Å². The van der Waals surface area contributed by atoms with Crippen LogP contribution in [0.1, 0.15) is 28.6 Å². The van der Waals surface area contributed by atoms with Gasteiger partial charge in [0.25, 0.3) is 5.91 Å². The number of aromatic nitrogens is 3. The molecular weight excluding hydrogens is 320 g/mol. The van der Waals surface area contributed by atoms with Crippen LogP contribution >= 0.6 is 11.3 Å². The molecular formula is C18H18N4OS. The normalized spacial score (nSPS) is 17.8. The molecule has 5 nitrogen and oxygen atoms in total. The Hall–Kier alpha value is -2.47. The van der Waals surface area contributed by atoms with Crippen molar-refractivity contribution in [2.24, 2.45) is 0 Å². The number of hydrogen-bond donors (Lipinski definition) is 0. The van der Waals surface area contributed by atoms with Crippen molar-refractivity contribution in [3.8, 4) is 10.6 Å². The number of amides is 1. The van der Waals surface area contributed by atoms with E-state index in [1.807, 2.05) is 52.2 Å². The lowest BCUT2D eigenvalue weighted by atomic mass is 10.1. The van der Waals surface area contributed by atoms with E-state index in [-0.39, 0.29) is 11.9 Å². The van der Waals surface area contributed by atoms with Crippen LogP contribution in [0.25, 0.3) is 10.6 Å². The van der Waals surface area contributed by atoms with Crippen molar-refractivity contribution < 1.29 is 4.79 Å². The molecule has 3 heterocycles. The van der Waals surface area contributed by atoms with Crippen LogP contribution in [0, 0.1) is 0 Å². The largest absolute Gasteiger partial charge is 0.336 e. The second-order valence-corrected chi connectivity index (χ2v) is 6.96. The molecule has 4 rings (SSSR count). The molecule has 3 aromatic rings. The van der Waals surface area contributed by atoms with Crippen LogP contribution in [-0.2, 0) is 0 Å². The third-order valence-electron chi connectivity index (χ3n) is 4.32. The van der Waals surface area contributed by atoms with E-state index >= 15 is 0 Å². The number of nitrogens with zero attached hydrogens (tertiary/aromatic N) is 4. The molecule has 1 aliphatic heterocycles. The molecule has 2 aromatic heterocycles. The zero-order chi connectivity index (χ0) is 16.4. The van der Waals surface area contributed by atoms with Gasteiger partial charge in [-0.3, -0.25) is 9.48 Å². The number of thiazole rings is 1. The Morgan fingerprint density at radius 2 is 2.08 bits per heavy atom. The van der Waals surface area contributed by atoms with Gasteiger partial charge in [0.1, 0.15) is 9.88 Å². The predicted octanol–water partition coefficient (Wildman–Crippen LogP) is 3.48. The Kier molecular flexibility index (Phi) is 4.13. The lowest BCUT2D eigenvalue weighted by Crippen LogP contribution is -2.40. The topological polar surface area (TPSA) is 51.0 Å². The lowest BCUT2D eigenvalue weighted by Gasteiger charge is -2.32. The Morgan fingerprint density at radius 3 is 2.88 bits per heavy atom. The summed E-state index contributed by atoms with van der Waals surface area (Å²) < 4.78 is 1.96. The molecule has 1 aromatic carbocycles. The number of hydrogen-bond acceptors (Lipinski definition) is 4. The average Bonchev–Trinajstić information content (AvgIpc) is 3.34. The highest BCUT2D eigenvalue weighted by atomic mass is 32.1. The van der Waals surface area contributed by atoms with E-state index in [1.54, 1.807) is 12.4 Å². The first-order valence-electron chi connectivity index (χ1n) is 8.11. The number of likely N-dealkylation sites (tertiary alicyclic amines) is 1. The highest BCUT2D eigenvalue weighted by molar-refractivity contribution is 7.16. The van der Waals surface area contributed by atoms with Crippen molar-refractivity contribution in [2.75, 3.05) is 13.1 Å². The number of benzene rings is 1. The van der Waals surface area contributed by atoms with E-state index in [0.29, 0.717) is 11.4 Å². The van der Waals surface area contributed by atoms with Crippen molar-refractivity contribution in [1.82, 2.24) is 19.7 Å². The quantitative estimate of drug-likeness (QED) is 0.734. The van der Waals surface area contributed by atoms with Gasteiger partial charge in [0.15, 0.2) is 0 Å². The van der Waals surface area contributed by atoms with Crippen molar-refractivity contribution in [2.45, 2.75) is 18.9 Å². The summed E-state index contributed by atoms with van der Waals surface area (Å²) in [6, 6.07) is 12.2. The molecule has 24 heavy (non-hydrogen) atoms. The van der Waals surface area contributed by atoms with Gasteiger partial charge in [0.2, 0.25) is 0 Å². The zero-order valence-corrected chi connectivity index (χ0v) is 14.0. The van der Waals surface area contributed by atoms with E-state index < -0.39 is 0 Å². The van der Waals surface area contributed by atoms with Gasteiger partial charge in [0, 0.05) is 31.0 Å². The van der Waals surface area contributed by atoms with Crippen LogP contribution in [0.3, 0.4) is 0 Å². The smallest absolute Gasteiger partial charge is 0.265 e. The number of carbonyl (C=O) groups excluding carboxylic acids is 1. The van der Waals surface area contributed by atoms with Crippen molar-refractivity contribution in [3.05, 3.63) is 59.9 Å². The first-order valence-corrected chi connectivity index (χ1v) is 8.92. The Bertz CT molecular complexity index is 813. The van der Waals surface area contributed by atoms with Crippen LogP contribution in [0.2, 0.25) is 0 Å². The van der Waals surface area contributed by atoms with Gasteiger partial charge in [-0.05, 0) is 18.9 Å². The third kappa shape index (κ3) is 2.97. The monoisotopic (exact) mass is 338 g/mol. The number of carbonyl (C=O) groups is 1. The maximum Gasteiger partial charge on any atom is 0.265 e. The lowest BCUT2D eigenvalue weighted by molar-refractivity contribution is 0.0677. The summed E-state index contributed by atoms with van der Waals surface area (Å²) in [5, 5.41) is 5.21. The molecule has 0 N–H and O–H groups in total. The molecule has 1 fully saturated rings. The molecule has 0 bridgehead atoms. The molecule has 1 aliphatic rings. The van der Waals surface area contributed by atoms with Gasteiger partial charge in [-0.15, -0.1) is 11.3 Å².